The Bertz CT molecular complexity index is 1040. The maximum absolute atomic E-state index is 12.4. The number of nitrogens with zero attached hydrogens (tertiary/aromatic N) is 2. The van der Waals surface area contributed by atoms with Crippen molar-refractivity contribution in [3.8, 4) is 0 Å². The van der Waals surface area contributed by atoms with Crippen molar-refractivity contribution in [3.63, 3.8) is 0 Å². The smallest absolute Gasteiger partial charge is 0.293 e. The summed E-state index contributed by atoms with van der Waals surface area (Å²) in [5.74, 6) is -0.0903. The number of carbonyl (C=O) groups excluding carboxylic acids is 1. The highest BCUT2D eigenvalue weighted by atomic mass is 35.5. The maximum Gasteiger partial charge on any atom is 0.293 e. The maximum atomic E-state index is 12.4. The van der Waals surface area contributed by atoms with Gasteiger partial charge in [-0.05, 0) is 48.4 Å². The fraction of sp³-hybridized carbons (Fsp3) is 0.100. The molecule has 0 aliphatic rings. The van der Waals surface area contributed by atoms with Crippen LogP contribution in [-0.4, -0.2) is 15.8 Å². The van der Waals surface area contributed by atoms with Crippen molar-refractivity contribution in [2.45, 2.75) is 13.5 Å². The van der Waals surface area contributed by atoms with Crippen molar-refractivity contribution in [1.29, 1.82) is 0 Å². The normalized spacial score (nSPS) is 10.4. The second-order valence-corrected chi connectivity index (χ2v) is 6.51. The number of carbonyl (C=O) groups is 1. The van der Waals surface area contributed by atoms with Crippen LogP contribution in [-0.2, 0) is 6.54 Å². The van der Waals surface area contributed by atoms with Crippen LogP contribution in [0.1, 0.15) is 21.5 Å². The van der Waals surface area contributed by atoms with E-state index >= 15 is 0 Å². The number of nitro groups is 1. The molecule has 1 aromatic heterocycles. The number of aromatic nitrogens is 1. The molecule has 1 amide bonds. The molecule has 0 fully saturated rings. The molecule has 0 atom stereocenters. The van der Waals surface area contributed by atoms with E-state index in [1.54, 1.807) is 24.4 Å². The largest absolute Gasteiger partial charge is 0.375 e. The first-order chi connectivity index (χ1) is 13.4. The van der Waals surface area contributed by atoms with Gasteiger partial charge >= 0.3 is 0 Å². The molecule has 142 valence electrons. The molecule has 0 unspecified atom stereocenters. The number of pyridine rings is 1. The third-order valence-corrected chi connectivity index (χ3v) is 4.41. The van der Waals surface area contributed by atoms with Crippen LogP contribution in [0.2, 0.25) is 5.02 Å². The summed E-state index contributed by atoms with van der Waals surface area (Å²) in [6.07, 6.45) is 1.58. The van der Waals surface area contributed by atoms with E-state index in [0.717, 1.165) is 11.1 Å². The first kappa shape index (κ1) is 19.3. The fourth-order valence-corrected chi connectivity index (χ4v) is 2.80. The highest BCUT2D eigenvalue weighted by Crippen LogP contribution is 2.27. The van der Waals surface area contributed by atoms with Crippen molar-refractivity contribution < 1.29 is 9.72 Å². The lowest BCUT2D eigenvalue weighted by atomic mass is 10.1. The number of hydrogen-bond donors (Lipinski definition) is 2. The molecule has 0 bridgehead atoms. The third kappa shape index (κ3) is 4.63. The minimum Gasteiger partial charge on any atom is -0.375 e. The standard InChI is InChI=1S/C20H17ClN4O3/c1-13-8-9-22-19(10-13)24-20(26)14-6-7-17(18(11-14)25(27)28)23-12-15-4-2-3-5-16(15)21/h2-11,23H,12H2,1H3,(H,22,24,26). The summed E-state index contributed by atoms with van der Waals surface area (Å²) in [7, 11) is 0. The van der Waals surface area contributed by atoms with Crippen molar-refractivity contribution in [2.75, 3.05) is 10.6 Å². The van der Waals surface area contributed by atoms with Crippen molar-refractivity contribution in [1.82, 2.24) is 4.98 Å². The van der Waals surface area contributed by atoms with E-state index in [9.17, 15) is 14.9 Å². The Kier molecular flexibility index (Phi) is 5.86. The van der Waals surface area contributed by atoms with Crippen LogP contribution in [0.3, 0.4) is 0 Å². The molecule has 2 aromatic carbocycles. The third-order valence-electron chi connectivity index (χ3n) is 4.04. The summed E-state index contributed by atoms with van der Waals surface area (Å²) >= 11 is 6.11. The number of benzene rings is 2. The monoisotopic (exact) mass is 396 g/mol. The molecule has 0 saturated carbocycles. The first-order valence-electron chi connectivity index (χ1n) is 8.44. The molecule has 3 aromatic rings. The molecule has 0 saturated heterocycles. The molecular weight excluding hydrogens is 380 g/mol. The number of amides is 1. The van der Waals surface area contributed by atoms with Gasteiger partial charge in [0, 0.05) is 29.4 Å². The molecule has 7 nitrogen and oxygen atoms in total. The van der Waals surface area contributed by atoms with Crippen LogP contribution >= 0.6 is 11.6 Å². The highest BCUT2D eigenvalue weighted by molar-refractivity contribution is 6.31. The summed E-state index contributed by atoms with van der Waals surface area (Å²) in [6.45, 7) is 2.20. The van der Waals surface area contributed by atoms with Gasteiger partial charge in [0.2, 0.25) is 0 Å². The van der Waals surface area contributed by atoms with Gasteiger partial charge in [0.25, 0.3) is 11.6 Å². The Balaban J connectivity index is 1.79. The van der Waals surface area contributed by atoms with Gasteiger partial charge in [-0.1, -0.05) is 29.8 Å². The molecule has 0 radical (unpaired) electrons. The van der Waals surface area contributed by atoms with Crippen LogP contribution in [0.4, 0.5) is 17.2 Å². The zero-order valence-corrected chi connectivity index (χ0v) is 15.7. The molecule has 8 heteroatoms. The van der Waals surface area contributed by atoms with Crippen molar-refractivity contribution in [3.05, 3.63) is 92.6 Å². The van der Waals surface area contributed by atoms with E-state index in [1.807, 2.05) is 25.1 Å². The zero-order valence-electron chi connectivity index (χ0n) is 15.0. The number of aryl methyl sites for hydroxylation is 1. The van der Waals surface area contributed by atoms with Crippen LogP contribution in [0.25, 0.3) is 0 Å². The predicted molar refractivity (Wildman–Crippen MR) is 109 cm³/mol. The van der Waals surface area contributed by atoms with Crippen LogP contribution in [0, 0.1) is 17.0 Å². The second-order valence-electron chi connectivity index (χ2n) is 6.11. The molecular formula is C20H17ClN4O3. The lowest BCUT2D eigenvalue weighted by Gasteiger charge is -2.10. The van der Waals surface area contributed by atoms with Gasteiger partial charge < -0.3 is 10.6 Å². The van der Waals surface area contributed by atoms with E-state index in [0.29, 0.717) is 23.1 Å². The zero-order chi connectivity index (χ0) is 20.1. The van der Waals surface area contributed by atoms with Crippen molar-refractivity contribution in [2.24, 2.45) is 0 Å². The Morgan fingerprint density at radius 2 is 1.96 bits per heavy atom. The number of hydrogen-bond acceptors (Lipinski definition) is 5. The van der Waals surface area contributed by atoms with E-state index in [4.69, 9.17) is 11.6 Å². The number of halogens is 1. The summed E-state index contributed by atoms with van der Waals surface area (Å²) in [4.78, 5) is 27.4. The van der Waals surface area contributed by atoms with Crippen LogP contribution in [0.5, 0.6) is 0 Å². The lowest BCUT2D eigenvalue weighted by molar-refractivity contribution is -0.384. The molecule has 0 aliphatic heterocycles. The van der Waals surface area contributed by atoms with Crippen molar-refractivity contribution >= 4 is 34.7 Å². The van der Waals surface area contributed by atoms with E-state index in [-0.39, 0.29) is 11.3 Å². The Labute approximate surface area is 166 Å². The summed E-state index contributed by atoms with van der Waals surface area (Å²) in [5, 5.41) is 17.7. The van der Waals surface area contributed by atoms with Gasteiger partial charge in [0.15, 0.2) is 0 Å². The average molecular weight is 397 g/mol. The molecule has 2 N–H and O–H groups in total. The topological polar surface area (TPSA) is 97.2 Å². The van der Waals surface area contributed by atoms with Crippen LogP contribution < -0.4 is 10.6 Å². The Hall–Kier alpha value is -3.45. The number of rotatable bonds is 6. The summed E-state index contributed by atoms with van der Waals surface area (Å²) in [6, 6.07) is 15.0. The summed E-state index contributed by atoms with van der Waals surface area (Å²) < 4.78 is 0. The average Bonchev–Trinajstić information content (AvgIpc) is 2.67. The minimum atomic E-state index is -0.531. The van der Waals surface area contributed by atoms with Gasteiger partial charge in [-0.15, -0.1) is 0 Å². The van der Waals surface area contributed by atoms with Gasteiger partial charge in [0.1, 0.15) is 11.5 Å². The molecule has 1 heterocycles. The van der Waals surface area contributed by atoms with Gasteiger partial charge in [-0.25, -0.2) is 4.98 Å². The van der Waals surface area contributed by atoms with Gasteiger partial charge in [0.05, 0.1) is 4.92 Å². The minimum absolute atomic E-state index is 0.165. The highest BCUT2D eigenvalue weighted by Gasteiger charge is 2.18. The van der Waals surface area contributed by atoms with E-state index in [2.05, 4.69) is 15.6 Å². The predicted octanol–water partition coefficient (Wildman–Crippen LogP) is 4.82. The van der Waals surface area contributed by atoms with Crippen LogP contribution in [0.15, 0.2) is 60.8 Å². The van der Waals surface area contributed by atoms with E-state index in [1.165, 1.54) is 18.2 Å². The number of nitro benzene ring substituents is 1. The molecule has 28 heavy (non-hydrogen) atoms. The lowest BCUT2D eigenvalue weighted by Crippen LogP contribution is -2.14. The number of nitrogens with one attached hydrogen (secondary N) is 2. The molecule has 0 aliphatic carbocycles. The Morgan fingerprint density at radius 3 is 2.68 bits per heavy atom. The first-order valence-corrected chi connectivity index (χ1v) is 8.81. The van der Waals surface area contributed by atoms with Gasteiger partial charge in [-0.3, -0.25) is 14.9 Å². The number of anilines is 2. The Morgan fingerprint density at radius 1 is 1.18 bits per heavy atom. The molecule has 0 spiro atoms. The van der Waals surface area contributed by atoms with E-state index < -0.39 is 10.8 Å². The summed E-state index contributed by atoms with van der Waals surface area (Å²) in [5.41, 5.74) is 2.02. The van der Waals surface area contributed by atoms with Gasteiger partial charge in [-0.2, -0.15) is 0 Å². The SMILES string of the molecule is Cc1ccnc(NC(=O)c2ccc(NCc3ccccc3Cl)c([N+](=O)[O-])c2)c1. The molecule has 3 rings (SSSR count). The second kappa shape index (κ2) is 8.49. The fourth-order valence-electron chi connectivity index (χ4n) is 2.60. The quantitative estimate of drug-likeness (QED) is 0.460.